The summed E-state index contributed by atoms with van der Waals surface area (Å²) in [5.41, 5.74) is 2.79. The van der Waals surface area contributed by atoms with Crippen LogP contribution in [0.15, 0.2) is 54.6 Å². The molecule has 0 aliphatic rings. The minimum Gasteiger partial charge on any atom is -0.453 e. The molecular weight excluding hydrogens is 412 g/mol. The molecule has 2 rings (SSSR count). The van der Waals surface area contributed by atoms with Gasteiger partial charge < -0.3 is 30.3 Å². The Hall–Kier alpha value is -3.75. The van der Waals surface area contributed by atoms with Crippen LogP contribution in [0.4, 0.5) is 14.4 Å². The molecule has 0 saturated heterocycles. The molecule has 0 unspecified atom stereocenters. The third-order valence-corrected chi connectivity index (χ3v) is 4.55. The first kappa shape index (κ1) is 24.5. The van der Waals surface area contributed by atoms with Gasteiger partial charge in [-0.2, -0.15) is 0 Å². The van der Waals surface area contributed by atoms with E-state index in [2.05, 4.69) is 20.7 Å². The second-order valence-corrected chi connectivity index (χ2v) is 7.07. The Kier molecular flexibility index (Phi) is 10.4. The molecule has 0 heterocycles. The first-order chi connectivity index (χ1) is 15.5. The zero-order chi connectivity index (χ0) is 23.2. The van der Waals surface area contributed by atoms with E-state index in [1.54, 1.807) is 11.9 Å². The van der Waals surface area contributed by atoms with E-state index in [-0.39, 0.29) is 12.6 Å². The van der Waals surface area contributed by atoms with Gasteiger partial charge in [0.25, 0.3) is 0 Å². The molecule has 0 saturated carbocycles. The van der Waals surface area contributed by atoms with Crippen LogP contribution in [0.25, 0.3) is 0 Å². The summed E-state index contributed by atoms with van der Waals surface area (Å²) in [4.78, 5) is 36.7. The van der Waals surface area contributed by atoms with Crippen molar-refractivity contribution in [2.24, 2.45) is 0 Å². The number of benzene rings is 2. The lowest BCUT2D eigenvalue weighted by atomic mass is 10.1. The standard InChI is InChI=1S/C23H30N4O5/c1-27(21(28)24-15-18-8-4-3-5-9-18)12-7-13-32-23(30)26-17-20-11-6-10-19(14-20)16-25-22(29)31-2/h3-6,8-11,14H,7,12-13,15-17H2,1-2H3,(H,24,28)(H,25,29)(H,26,30). The van der Waals surface area contributed by atoms with Gasteiger partial charge in [0.2, 0.25) is 0 Å². The number of methoxy groups -OCH3 is 1. The van der Waals surface area contributed by atoms with E-state index in [9.17, 15) is 14.4 Å². The van der Waals surface area contributed by atoms with Crippen LogP contribution in [0.1, 0.15) is 23.1 Å². The SMILES string of the molecule is COC(=O)NCc1cccc(CNC(=O)OCCCN(C)C(=O)NCc2ccccc2)c1. The van der Waals surface area contributed by atoms with Crippen LogP contribution in [0.5, 0.6) is 0 Å². The van der Waals surface area contributed by atoms with Gasteiger partial charge in [-0.15, -0.1) is 0 Å². The van der Waals surface area contributed by atoms with Crippen molar-refractivity contribution in [1.29, 1.82) is 0 Å². The van der Waals surface area contributed by atoms with Gasteiger partial charge in [-0.3, -0.25) is 0 Å². The number of carbonyl (C=O) groups is 3. The molecule has 0 atom stereocenters. The minimum atomic E-state index is -0.528. The summed E-state index contributed by atoms with van der Waals surface area (Å²) in [6.45, 7) is 1.75. The average molecular weight is 443 g/mol. The zero-order valence-electron chi connectivity index (χ0n) is 18.4. The normalized spacial score (nSPS) is 10.1. The third kappa shape index (κ3) is 9.38. The highest BCUT2D eigenvalue weighted by Gasteiger charge is 2.09. The van der Waals surface area contributed by atoms with E-state index >= 15 is 0 Å². The Morgan fingerprint density at radius 2 is 1.41 bits per heavy atom. The number of nitrogens with zero attached hydrogens (tertiary/aromatic N) is 1. The van der Waals surface area contributed by atoms with Crippen molar-refractivity contribution < 1.29 is 23.9 Å². The van der Waals surface area contributed by atoms with Crippen LogP contribution in [-0.4, -0.2) is 50.4 Å². The monoisotopic (exact) mass is 442 g/mol. The highest BCUT2D eigenvalue weighted by molar-refractivity contribution is 5.73. The average Bonchev–Trinajstić information content (AvgIpc) is 2.83. The molecule has 0 bridgehead atoms. The molecule has 9 nitrogen and oxygen atoms in total. The maximum atomic E-state index is 12.1. The summed E-state index contributed by atoms with van der Waals surface area (Å²) in [5.74, 6) is 0. The molecule has 4 amide bonds. The van der Waals surface area contributed by atoms with Gasteiger partial charge in [-0.1, -0.05) is 54.6 Å². The van der Waals surface area contributed by atoms with Crippen molar-refractivity contribution in [3.05, 3.63) is 71.3 Å². The number of hydrogen-bond donors (Lipinski definition) is 3. The molecule has 0 spiro atoms. The molecule has 0 radical (unpaired) electrons. The fourth-order valence-corrected chi connectivity index (χ4v) is 2.80. The Labute approximate surface area is 188 Å². The van der Waals surface area contributed by atoms with Crippen molar-refractivity contribution in [2.75, 3.05) is 27.3 Å². The Morgan fingerprint density at radius 3 is 2.06 bits per heavy atom. The van der Waals surface area contributed by atoms with Crippen LogP contribution in [0, 0.1) is 0 Å². The summed E-state index contributed by atoms with van der Waals surface area (Å²) in [6, 6.07) is 16.9. The molecule has 32 heavy (non-hydrogen) atoms. The number of ether oxygens (including phenoxy) is 2. The fourth-order valence-electron chi connectivity index (χ4n) is 2.80. The predicted molar refractivity (Wildman–Crippen MR) is 120 cm³/mol. The van der Waals surface area contributed by atoms with E-state index < -0.39 is 12.2 Å². The van der Waals surface area contributed by atoms with Gasteiger partial charge >= 0.3 is 18.2 Å². The second-order valence-electron chi connectivity index (χ2n) is 7.07. The highest BCUT2D eigenvalue weighted by Crippen LogP contribution is 2.05. The van der Waals surface area contributed by atoms with Gasteiger partial charge in [-0.25, -0.2) is 14.4 Å². The Morgan fingerprint density at radius 1 is 0.812 bits per heavy atom. The van der Waals surface area contributed by atoms with Crippen LogP contribution >= 0.6 is 0 Å². The lowest BCUT2D eigenvalue weighted by molar-refractivity contribution is 0.140. The number of alkyl carbamates (subject to hydrolysis) is 2. The zero-order valence-corrected chi connectivity index (χ0v) is 18.4. The van der Waals surface area contributed by atoms with E-state index in [1.807, 2.05) is 54.6 Å². The third-order valence-electron chi connectivity index (χ3n) is 4.55. The summed E-state index contributed by atoms with van der Waals surface area (Å²) in [5, 5.41) is 8.13. The van der Waals surface area contributed by atoms with Crippen LogP contribution in [0.3, 0.4) is 0 Å². The molecule has 172 valence electrons. The molecule has 2 aromatic carbocycles. The molecule has 0 aliphatic heterocycles. The smallest absolute Gasteiger partial charge is 0.407 e. The fraction of sp³-hybridized carbons (Fsp3) is 0.348. The predicted octanol–water partition coefficient (Wildman–Crippen LogP) is 3.00. The van der Waals surface area contributed by atoms with Crippen molar-refractivity contribution in [1.82, 2.24) is 20.9 Å². The van der Waals surface area contributed by atoms with Crippen LogP contribution in [-0.2, 0) is 29.1 Å². The second kappa shape index (κ2) is 13.5. The molecule has 3 N–H and O–H groups in total. The highest BCUT2D eigenvalue weighted by atomic mass is 16.5. The molecule has 2 aromatic rings. The summed E-state index contributed by atoms with van der Waals surface area (Å²) >= 11 is 0. The number of nitrogens with one attached hydrogen (secondary N) is 3. The summed E-state index contributed by atoms with van der Waals surface area (Å²) in [6.07, 6.45) is -0.507. The Bertz CT molecular complexity index is 876. The van der Waals surface area contributed by atoms with Gasteiger partial charge in [0.15, 0.2) is 0 Å². The van der Waals surface area contributed by atoms with Crippen molar-refractivity contribution in [2.45, 2.75) is 26.1 Å². The van der Waals surface area contributed by atoms with Crippen molar-refractivity contribution >= 4 is 18.2 Å². The van der Waals surface area contributed by atoms with E-state index in [0.717, 1.165) is 16.7 Å². The summed E-state index contributed by atoms with van der Waals surface area (Å²) in [7, 11) is 3.00. The number of hydrogen-bond acceptors (Lipinski definition) is 5. The van der Waals surface area contributed by atoms with Gasteiger partial charge in [-0.05, 0) is 23.1 Å². The first-order valence-corrected chi connectivity index (χ1v) is 10.3. The molecule has 0 fully saturated rings. The number of urea groups is 1. The van der Waals surface area contributed by atoms with E-state index in [1.165, 1.54) is 7.11 Å². The lowest BCUT2D eigenvalue weighted by Crippen LogP contribution is -2.37. The topological polar surface area (TPSA) is 109 Å². The maximum absolute atomic E-state index is 12.1. The van der Waals surface area contributed by atoms with Gasteiger partial charge in [0.05, 0.1) is 13.7 Å². The van der Waals surface area contributed by atoms with E-state index in [4.69, 9.17) is 4.74 Å². The quantitative estimate of drug-likeness (QED) is 0.490. The number of carbonyl (C=O) groups excluding carboxylic acids is 3. The largest absolute Gasteiger partial charge is 0.453 e. The van der Waals surface area contributed by atoms with Crippen LogP contribution in [0.2, 0.25) is 0 Å². The molecular formula is C23H30N4O5. The molecule has 9 heteroatoms. The lowest BCUT2D eigenvalue weighted by Gasteiger charge is -2.18. The first-order valence-electron chi connectivity index (χ1n) is 10.3. The maximum Gasteiger partial charge on any atom is 0.407 e. The molecule has 0 aromatic heterocycles. The van der Waals surface area contributed by atoms with Gasteiger partial charge in [0, 0.05) is 33.2 Å². The van der Waals surface area contributed by atoms with Crippen molar-refractivity contribution in [3.8, 4) is 0 Å². The minimum absolute atomic E-state index is 0.181. The summed E-state index contributed by atoms with van der Waals surface area (Å²) < 4.78 is 9.70. The van der Waals surface area contributed by atoms with Crippen molar-refractivity contribution in [3.63, 3.8) is 0 Å². The number of rotatable bonds is 10. The van der Waals surface area contributed by atoms with E-state index in [0.29, 0.717) is 32.6 Å². The van der Waals surface area contributed by atoms with Crippen LogP contribution < -0.4 is 16.0 Å². The van der Waals surface area contributed by atoms with Gasteiger partial charge in [0.1, 0.15) is 0 Å². The number of amides is 4. The Balaban J connectivity index is 1.60. The molecule has 0 aliphatic carbocycles.